The number of aromatic nitrogens is 1. The number of aliphatic imine (C=N–C) groups is 1. The third-order valence-electron chi connectivity index (χ3n) is 2.85. The summed E-state index contributed by atoms with van der Waals surface area (Å²) in [4.78, 5) is 8.86. The van der Waals surface area contributed by atoms with Crippen LogP contribution in [0.2, 0.25) is 10.0 Å². The van der Waals surface area contributed by atoms with E-state index < -0.39 is 0 Å². The van der Waals surface area contributed by atoms with Crippen molar-refractivity contribution in [2.45, 2.75) is 0 Å². The molecule has 21 heavy (non-hydrogen) atoms. The molecule has 2 nitrogen and oxygen atoms in total. The second-order valence-electron chi connectivity index (χ2n) is 4.30. The summed E-state index contributed by atoms with van der Waals surface area (Å²) in [7, 11) is 0. The molecule has 0 aliphatic carbocycles. The van der Waals surface area contributed by atoms with E-state index in [1.54, 1.807) is 6.21 Å². The molecule has 1 heterocycles. The quantitative estimate of drug-likeness (QED) is 0.551. The van der Waals surface area contributed by atoms with E-state index in [9.17, 15) is 0 Å². The molecule has 2 aromatic carbocycles. The molecule has 104 valence electrons. The minimum absolute atomic E-state index is 0.677. The zero-order valence-corrected chi connectivity index (χ0v) is 13.2. The molecule has 0 bridgehead atoms. The van der Waals surface area contributed by atoms with E-state index in [0.717, 1.165) is 16.8 Å². The molecule has 0 fully saturated rings. The summed E-state index contributed by atoms with van der Waals surface area (Å²) in [5, 5.41) is 4.06. The largest absolute Gasteiger partial charge is 0.227 e. The van der Waals surface area contributed by atoms with E-state index in [1.165, 1.54) is 11.3 Å². The number of thiazole rings is 1. The molecule has 0 saturated carbocycles. The Morgan fingerprint density at radius 3 is 2.52 bits per heavy atom. The molecule has 0 unspecified atom stereocenters. The number of halogens is 2. The van der Waals surface area contributed by atoms with Crippen LogP contribution in [0.25, 0.3) is 11.3 Å². The molecular formula is C16H10Cl2N2S. The normalized spacial score (nSPS) is 11.1. The Hall–Kier alpha value is -1.68. The van der Waals surface area contributed by atoms with Crippen molar-refractivity contribution < 1.29 is 0 Å². The van der Waals surface area contributed by atoms with E-state index in [-0.39, 0.29) is 0 Å². The minimum Gasteiger partial charge on any atom is -0.227 e. The molecule has 1 aromatic heterocycles. The molecule has 3 rings (SSSR count). The van der Waals surface area contributed by atoms with Gasteiger partial charge in [-0.3, -0.25) is 0 Å². The highest BCUT2D eigenvalue weighted by atomic mass is 35.5. The predicted octanol–water partition coefficient (Wildman–Crippen LogP) is 5.87. The zero-order valence-electron chi connectivity index (χ0n) is 10.8. The Bertz CT molecular complexity index is 779. The van der Waals surface area contributed by atoms with Gasteiger partial charge in [-0.05, 0) is 18.2 Å². The van der Waals surface area contributed by atoms with Crippen molar-refractivity contribution in [2.24, 2.45) is 4.99 Å². The van der Waals surface area contributed by atoms with Crippen LogP contribution in [0.3, 0.4) is 0 Å². The fourth-order valence-corrected chi connectivity index (χ4v) is 2.76. The van der Waals surface area contributed by atoms with Gasteiger partial charge in [0.2, 0.25) is 5.13 Å². The first-order chi connectivity index (χ1) is 10.2. The number of rotatable bonds is 3. The SMILES string of the molecule is Clc1ccc(-c2csc(N=Cc3ccccc3Cl)n2)cc1. The fraction of sp³-hybridized carbons (Fsp3) is 0. The van der Waals surface area contributed by atoms with Crippen LogP contribution in [0.15, 0.2) is 58.9 Å². The van der Waals surface area contributed by atoms with E-state index in [4.69, 9.17) is 23.2 Å². The van der Waals surface area contributed by atoms with Gasteiger partial charge in [0, 0.05) is 32.8 Å². The lowest BCUT2D eigenvalue weighted by molar-refractivity contribution is 1.36. The van der Waals surface area contributed by atoms with Crippen LogP contribution in [0.4, 0.5) is 5.13 Å². The van der Waals surface area contributed by atoms with Gasteiger partial charge >= 0.3 is 0 Å². The molecule has 0 aliphatic heterocycles. The topological polar surface area (TPSA) is 25.2 Å². The predicted molar refractivity (Wildman–Crippen MR) is 91.3 cm³/mol. The first-order valence-corrected chi connectivity index (χ1v) is 7.86. The van der Waals surface area contributed by atoms with Crippen molar-refractivity contribution in [1.29, 1.82) is 0 Å². The van der Waals surface area contributed by atoms with Crippen LogP contribution in [0, 0.1) is 0 Å². The monoisotopic (exact) mass is 332 g/mol. The van der Waals surface area contributed by atoms with Gasteiger partial charge in [0.05, 0.1) is 5.69 Å². The summed E-state index contributed by atoms with van der Waals surface area (Å²) >= 11 is 13.5. The summed E-state index contributed by atoms with van der Waals surface area (Å²) in [6.45, 7) is 0. The molecule has 0 atom stereocenters. The summed E-state index contributed by atoms with van der Waals surface area (Å²) in [6, 6.07) is 15.2. The maximum Gasteiger partial charge on any atom is 0.209 e. The van der Waals surface area contributed by atoms with Gasteiger partial charge in [-0.15, -0.1) is 11.3 Å². The lowest BCUT2D eigenvalue weighted by Crippen LogP contribution is -1.81. The lowest BCUT2D eigenvalue weighted by Gasteiger charge is -1.96. The molecule has 0 radical (unpaired) electrons. The van der Waals surface area contributed by atoms with Crippen LogP contribution >= 0.6 is 34.5 Å². The molecular weight excluding hydrogens is 323 g/mol. The fourth-order valence-electron chi connectivity index (χ4n) is 1.78. The third kappa shape index (κ3) is 3.50. The molecule has 0 amide bonds. The lowest BCUT2D eigenvalue weighted by atomic mass is 10.2. The van der Waals surface area contributed by atoms with Gasteiger partial charge in [0.25, 0.3) is 0 Å². The highest BCUT2D eigenvalue weighted by molar-refractivity contribution is 7.13. The van der Waals surface area contributed by atoms with E-state index in [2.05, 4.69) is 9.98 Å². The van der Waals surface area contributed by atoms with Gasteiger partial charge in [-0.1, -0.05) is 53.5 Å². The molecule has 0 spiro atoms. The van der Waals surface area contributed by atoms with Crippen LogP contribution in [-0.2, 0) is 0 Å². The average Bonchev–Trinajstić information content (AvgIpc) is 2.96. The van der Waals surface area contributed by atoms with Crippen molar-refractivity contribution in [1.82, 2.24) is 4.98 Å². The second-order valence-corrected chi connectivity index (χ2v) is 5.98. The van der Waals surface area contributed by atoms with Crippen LogP contribution < -0.4 is 0 Å². The van der Waals surface area contributed by atoms with Gasteiger partial charge < -0.3 is 0 Å². The second kappa shape index (κ2) is 6.39. The van der Waals surface area contributed by atoms with Crippen molar-refractivity contribution >= 4 is 45.9 Å². The van der Waals surface area contributed by atoms with Gasteiger partial charge in [0.1, 0.15) is 0 Å². The van der Waals surface area contributed by atoms with Crippen LogP contribution in [-0.4, -0.2) is 11.2 Å². The van der Waals surface area contributed by atoms with E-state index in [0.29, 0.717) is 15.2 Å². The maximum atomic E-state index is 6.09. The smallest absolute Gasteiger partial charge is 0.209 e. The van der Waals surface area contributed by atoms with Crippen LogP contribution in [0.1, 0.15) is 5.56 Å². The Morgan fingerprint density at radius 1 is 1.00 bits per heavy atom. The minimum atomic E-state index is 0.677. The number of hydrogen-bond donors (Lipinski definition) is 0. The standard InChI is InChI=1S/C16H10Cl2N2S/c17-13-7-5-11(6-8-13)15-10-21-16(20-15)19-9-12-3-1-2-4-14(12)18/h1-10H. The summed E-state index contributed by atoms with van der Waals surface area (Å²) in [5.41, 5.74) is 2.79. The Labute approximate surface area is 136 Å². The van der Waals surface area contributed by atoms with Crippen LogP contribution in [0.5, 0.6) is 0 Å². The van der Waals surface area contributed by atoms with Crippen molar-refractivity contribution in [3.05, 3.63) is 69.5 Å². The van der Waals surface area contributed by atoms with Crippen molar-refractivity contribution in [2.75, 3.05) is 0 Å². The molecule has 0 saturated heterocycles. The van der Waals surface area contributed by atoms with Crippen molar-refractivity contribution in [3.63, 3.8) is 0 Å². The average molecular weight is 333 g/mol. The van der Waals surface area contributed by atoms with Gasteiger partial charge in [-0.25, -0.2) is 9.98 Å². The van der Waals surface area contributed by atoms with E-state index >= 15 is 0 Å². The third-order valence-corrected chi connectivity index (χ3v) is 4.20. The first kappa shape index (κ1) is 14.3. The molecule has 0 N–H and O–H groups in total. The van der Waals surface area contributed by atoms with Gasteiger partial charge in [0.15, 0.2) is 0 Å². The Balaban J connectivity index is 1.82. The molecule has 0 aliphatic rings. The van der Waals surface area contributed by atoms with E-state index in [1.807, 2.05) is 53.9 Å². The molecule has 5 heteroatoms. The Kier molecular flexibility index (Phi) is 4.34. The summed E-state index contributed by atoms with van der Waals surface area (Å²) in [5.74, 6) is 0. The van der Waals surface area contributed by atoms with Gasteiger partial charge in [-0.2, -0.15) is 0 Å². The highest BCUT2D eigenvalue weighted by Crippen LogP contribution is 2.27. The maximum absolute atomic E-state index is 6.09. The summed E-state index contributed by atoms with van der Waals surface area (Å²) in [6.07, 6.45) is 1.73. The zero-order chi connectivity index (χ0) is 14.7. The number of benzene rings is 2. The highest BCUT2D eigenvalue weighted by Gasteiger charge is 2.03. The number of hydrogen-bond acceptors (Lipinski definition) is 3. The Morgan fingerprint density at radius 2 is 1.76 bits per heavy atom. The molecule has 3 aromatic rings. The van der Waals surface area contributed by atoms with Crippen molar-refractivity contribution in [3.8, 4) is 11.3 Å². The first-order valence-electron chi connectivity index (χ1n) is 6.22. The number of nitrogens with zero attached hydrogens (tertiary/aromatic N) is 2. The summed E-state index contributed by atoms with van der Waals surface area (Å²) < 4.78 is 0.